The van der Waals surface area contributed by atoms with Crippen LogP contribution >= 0.6 is 0 Å². The molecule has 3 aromatic rings. The summed E-state index contributed by atoms with van der Waals surface area (Å²) >= 11 is 0. The second kappa shape index (κ2) is 11.8. The molecule has 0 spiro atoms. The zero-order valence-corrected chi connectivity index (χ0v) is 17.6. The molecule has 2 aromatic carbocycles. The van der Waals surface area contributed by atoms with Crippen LogP contribution in [0.4, 0.5) is 0 Å². The number of nitrogens with two attached hydrogens (primary N) is 1. The number of para-hydroxylation sites is 1. The Hall–Kier alpha value is -3.46. The minimum atomic E-state index is -0.700. The Morgan fingerprint density at radius 1 is 1.03 bits per heavy atom. The largest absolute Gasteiger partial charge is 0.491 e. The number of amides is 1. The number of benzene rings is 2. The number of nitrogens with zero attached hydrogens (tertiary/aromatic N) is 1. The van der Waals surface area contributed by atoms with Crippen molar-refractivity contribution in [2.45, 2.75) is 18.6 Å². The van der Waals surface area contributed by atoms with Crippen LogP contribution in [0.25, 0.3) is 0 Å². The van der Waals surface area contributed by atoms with Gasteiger partial charge < -0.3 is 30.7 Å². The summed E-state index contributed by atoms with van der Waals surface area (Å²) in [5, 5.41) is 23.0. The number of aromatic nitrogens is 1. The first-order valence-electron chi connectivity index (χ1n) is 10.3. The quantitative estimate of drug-likeness (QED) is 0.341. The van der Waals surface area contributed by atoms with E-state index in [9.17, 15) is 15.0 Å². The van der Waals surface area contributed by atoms with Gasteiger partial charge in [0.25, 0.3) is 0 Å². The van der Waals surface area contributed by atoms with Gasteiger partial charge in [0, 0.05) is 24.8 Å². The fourth-order valence-electron chi connectivity index (χ4n) is 2.96. The Morgan fingerprint density at radius 2 is 1.78 bits per heavy atom. The average molecular weight is 437 g/mol. The van der Waals surface area contributed by atoms with Gasteiger partial charge >= 0.3 is 0 Å². The lowest BCUT2D eigenvalue weighted by atomic mass is 10.1. The number of ether oxygens (including phenoxy) is 2. The highest BCUT2D eigenvalue weighted by molar-refractivity contribution is 5.92. The summed E-state index contributed by atoms with van der Waals surface area (Å²) in [6.07, 6.45) is 1.24. The van der Waals surface area contributed by atoms with Crippen LogP contribution in [-0.2, 0) is 6.42 Å². The summed E-state index contributed by atoms with van der Waals surface area (Å²) in [4.78, 5) is 15.1. The number of hydrogen-bond donors (Lipinski definition) is 4. The maximum absolute atomic E-state index is 11.1. The van der Waals surface area contributed by atoms with Gasteiger partial charge in [-0.25, -0.2) is 4.98 Å². The van der Waals surface area contributed by atoms with Crippen molar-refractivity contribution in [3.05, 3.63) is 84.1 Å². The molecule has 0 aliphatic rings. The minimum Gasteiger partial charge on any atom is -0.491 e. The summed E-state index contributed by atoms with van der Waals surface area (Å²) in [6.45, 7) is 0.391. The predicted octanol–water partition coefficient (Wildman–Crippen LogP) is 1.91. The molecule has 0 saturated heterocycles. The first-order valence-corrected chi connectivity index (χ1v) is 10.3. The van der Waals surface area contributed by atoms with Gasteiger partial charge in [-0.15, -0.1) is 0 Å². The van der Waals surface area contributed by atoms with E-state index in [1.165, 1.54) is 6.20 Å². The van der Waals surface area contributed by atoms with E-state index in [2.05, 4.69) is 10.3 Å². The molecule has 0 radical (unpaired) electrons. The molecule has 0 saturated carbocycles. The Balaban J connectivity index is 1.44. The third-order valence-corrected chi connectivity index (χ3v) is 4.70. The van der Waals surface area contributed by atoms with E-state index in [1.807, 2.05) is 42.5 Å². The molecule has 8 heteroatoms. The SMILES string of the molecule is NC(=O)c1ccc(Oc2ccc(C[C@@H](CO)NC[C@H](O)COc3ccccc3)cc2)nc1. The van der Waals surface area contributed by atoms with Gasteiger partial charge in [-0.2, -0.15) is 0 Å². The topological polar surface area (TPSA) is 127 Å². The molecule has 0 fully saturated rings. The molecule has 5 N–H and O–H groups in total. The lowest BCUT2D eigenvalue weighted by Gasteiger charge is -2.19. The van der Waals surface area contributed by atoms with Gasteiger partial charge in [0.2, 0.25) is 11.8 Å². The lowest BCUT2D eigenvalue weighted by molar-refractivity contribution is 0.0995. The molecule has 0 bridgehead atoms. The van der Waals surface area contributed by atoms with Gasteiger partial charge in [0.1, 0.15) is 24.2 Å². The fraction of sp³-hybridized carbons (Fsp3) is 0.250. The van der Waals surface area contributed by atoms with Gasteiger partial charge in [-0.1, -0.05) is 30.3 Å². The predicted molar refractivity (Wildman–Crippen MR) is 120 cm³/mol. The second-order valence-electron chi connectivity index (χ2n) is 7.27. The van der Waals surface area contributed by atoms with E-state index in [4.69, 9.17) is 15.2 Å². The fourth-order valence-corrected chi connectivity index (χ4v) is 2.96. The van der Waals surface area contributed by atoms with Gasteiger partial charge in [-0.3, -0.25) is 4.79 Å². The number of carbonyl (C=O) groups excluding carboxylic acids is 1. The third-order valence-electron chi connectivity index (χ3n) is 4.70. The summed E-state index contributed by atoms with van der Waals surface area (Å²) in [5.41, 5.74) is 6.51. The van der Waals surface area contributed by atoms with Gasteiger partial charge in [0.05, 0.1) is 12.2 Å². The Kier molecular flexibility index (Phi) is 8.56. The average Bonchev–Trinajstić information content (AvgIpc) is 2.82. The Labute approximate surface area is 186 Å². The van der Waals surface area contributed by atoms with Crippen molar-refractivity contribution in [2.75, 3.05) is 19.8 Å². The smallest absolute Gasteiger partial charge is 0.250 e. The summed E-state index contributed by atoms with van der Waals surface area (Å²) in [6, 6.07) is 19.6. The van der Waals surface area contributed by atoms with Crippen molar-refractivity contribution in [3.63, 3.8) is 0 Å². The van der Waals surface area contributed by atoms with Crippen molar-refractivity contribution in [1.29, 1.82) is 0 Å². The van der Waals surface area contributed by atoms with Crippen LogP contribution < -0.4 is 20.5 Å². The van der Waals surface area contributed by atoms with E-state index in [0.717, 1.165) is 5.56 Å². The summed E-state index contributed by atoms with van der Waals surface area (Å²) in [5.74, 6) is 1.10. The van der Waals surface area contributed by atoms with Crippen molar-refractivity contribution in [1.82, 2.24) is 10.3 Å². The van der Waals surface area contributed by atoms with Crippen molar-refractivity contribution in [3.8, 4) is 17.4 Å². The molecule has 8 nitrogen and oxygen atoms in total. The lowest BCUT2D eigenvalue weighted by Crippen LogP contribution is -2.41. The number of primary amides is 1. The van der Waals surface area contributed by atoms with E-state index in [1.54, 1.807) is 24.3 Å². The highest BCUT2D eigenvalue weighted by Crippen LogP contribution is 2.20. The molecule has 3 rings (SSSR count). The molecular weight excluding hydrogens is 410 g/mol. The molecule has 1 aromatic heterocycles. The monoisotopic (exact) mass is 437 g/mol. The van der Waals surface area contributed by atoms with E-state index >= 15 is 0 Å². The number of hydrogen-bond acceptors (Lipinski definition) is 7. The van der Waals surface area contributed by atoms with Crippen molar-refractivity contribution < 1.29 is 24.5 Å². The summed E-state index contributed by atoms with van der Waals surface area (Å²) in [7, 11) is 0. The first kappa shape index (κ1) is 23.2. The number of nitrogens with one attached hydrogen (secondary N) is 1. The normalized spacial score (nSPS) is 12.7. The van der Waals surface area contributed by atoms with Crippen LogP contribution in [0, 0.1) is 0 Å². The zero-order chi connectivity index (χ0) is 22.8. The molecule has 1 heterocycles. The number of rotatable bonds is 12. The number of aliphatic hydroxyl groups is 2. The van der Waals surface area contributed by atoms with Crippen LogP contribution in [-0.4, -0.2) is 53.0 Å². The highest BCUT2D eigenvalue weighted by Gasteiger charge is 2.12. The van der Waals surface area contributed by atoms with Crippen LogP contribution in [0.5, 0.6) is 17.4 Å². The number of pyridine rings is 1. The Morgan fingerprint density at radius 3 is 2.41 bits per heavy atom. The molecule has 0 aliphatic heterocycles. The maximum atomic E-state index is 11.1. The highest BCUT2D eigenvalue weighted by atomic mass is 16.5. The van der Waals surface area contributed by atoms with Gasteiger partial charge in [-0.05, 0) is 42.3 Å². The van der Waals surface area contributed by atoms with Crippen LogP contribution in [0.1, 0.15) is 15.9 Å². The number of aliphatic hydroxyl groups excluding tert-OH is 2. The van der Waals surface area contributed by atoms with E-state index in [0.29, 0.717) is 35.9 Å². The van der Waals surface area contributed by atoms with Crippen molar-refractivity contribution >= 4 is 5.91 Å². The molecule has 168 valence electrons. The summed E-state index contributed by atoms with van der Waals surface area (Å²) < 4.78 is 11.2. The zero-order valence-electron chi connectivity index (χ0n) is 17.6. The third kappa shape index (κ3) is 7.35. The van der Waals surface area contributed by atoms with Gasteiger partial charge in [0.15, 0.2) is 0 Å². The standard InChI is InChI=1S/C24H27N3O5/c25-24(30)18-8-11-23(27-13-18)32-22-9-6-17(7-10-22)12-19(15-28)26-14-20(29)16-31-21-4-2-1-3-5-21/h1-11,13,19-20,26,28-29H,12,14-16H2,(H2,25,30)/t19-,20-/m0/s1. The molecule has 32 heavy (non-hydrogen) atoms. The van der Waals surface area contributed by atoms with E-state index < -0.39 is 12.0 Å². The molecule has 0 unspecified atom stereocenters. The number of carbonyl (C=O) groups is 1. The van der Waals surface area contributed by atoms with Crippen LogP contribution in [0.15, 0.2) is 72.9 Å². The second-order valence-corrected chi connectivity index (χ2v) is 7.27. The minimum absolute atomic E-state index is 0.0688. The maximum Gasteiger partial charge on any atom is 0.250 e. The Bertz CT molecular complexity index is 965. The molecule has 0 aliphatic carbocycles. The first-order chi connectivity index (χ1) is 15.5. The van der Waals surface area contributed by atoms with E-state index in [-0.39, 0.29) is 19.3 Å². The molecular formula is C24H27N3O5. The van der Waals surface area contributed by atoms with Crippen LogP contribution in [0.3, 0.4) is 0 Å². The van der Waals surface area contributed by atoms with Crippen LogP contribution in [0.2, 0.25) is 0 Å². The molecule has 1 amide bonds. The molecule has 2 atom stereocenters. The van der Waals surface area contributed by atoms with Crippen molar-refractivity contribution in [2.24, 2.45) is 5.73 Å².